The number of hydrogen-bond donors (Lipinski definition) is 3. The van der Waals surface area contributed by atoms with Crippen LogP contribution in [0.2, 0.25) is 0 Å². The lowest BCUT2D eigenvalue weighted by Gasteiger charge is -2.11. The number of nitrogens with one attached hydrogen (secondary N) is 3. The van der Waals surface area contributed by atoms with Gasteiger partial charge < -0.3 is 16.0 Å². The van der Waals surface area contributed by atoms with Gasteiger partial charge in [-0.15, -0.1) is 0 Å². The minimum atomic E-state index is -0.376. The number of nitrogens with zero attached hydrogens (tertiary/aromatic N) is 2. The summed E-state index contributed by atoms with van der Waals surface area (Å²) in [7, 11) is 0. The second-order valence-electron chi connectivity index (χ2n) is 7.76. The lowest BCUT2D eigenvalue weighted by atomic mass is 10.2. The molecule has 4 rings (SSSR count). The molecule has 0 bridgehead atoms. The van der Waals surface area contributed by atoms with E-state index < -0.39 is 0 Å². The van der Waals surface area contributed by atoms with Gasteiger partial charge in [-0.3, -0.25) is 4.79 Å². The number of anilines is 5. The Morgan fingerprint density at radius 3 is 2.21 bits per heavy atom. The maximum Gasteiger partial charge on any atom is 0.248 e. The maximum absolute atomic E-state index is 13.7. The van der Waals surface area contributed by atoms with Gasteiger partial charge in [0, 0.05) is 40.5 Å². The highest BCUT2D eigenvalue weighted by Crippen LogP contribution is 2.21. The van der Waals surface area contributed by atoms with Crippen LogP contribution in [0.15, 0.2) is 84.9 Å². The number of carbonyl (C=O) groups excluding carboxylic acids is 1. The molecule has 4 aromatic rings. The highest BCUT2D eigenvalue weighted by molar-refractivity contribution is 6.02. The number of carbonyl (C=O) groups is 1. The average molecular weight is 454 g/mol. The Bertz CT molecular complexity index is 1320. The van der Waals surface area contributed by atoms with E-state index in [9.17, 15) is 9.18 Å². The number of hydrogen-bond acceptors (Lipinski definition) is 5. The number of rotatable bonds is 7. The molecule has 0 aliphatic rings. The van der Waals surface area contributed by atoms with Crippen molar-refractivity contribution in [2.75, 3.05) is 16.0 Å². The zero-order chi connectivity index (χ0) is 23.9. The molecule has 6 nitrogen and oxygen atoms in total. The molecule has 0 saturated heterocycles. The molecule has 3 aromatic carbocycles. The van der Waals surface area contributed by atoms with E-state index in [1.54, 1.807) is 30.3 Å². The van der Waals surface area contributed by atoms with Gasteiger partial charge in [0.2, 0.25) is 11.9 Å². The summed E-state index contributed by atoms with van der Waals surface area (Å²) in [5.74, 6) is 0.421. The lowest BCUT2D eigenvalue weighted by Crippen LogP contribution is -2.07. The van der Waals surface area contributed by atoms with Gasteiger partial charge in [-0.25, -0.2) is 9.37 Å². The van der Waals surface area contributed by atoms with Crippen molar-refractivity contribution in [3.8, 4) is 0 Å². The first kappa shape index (κ1) is 22.7. The molecule has 0 unspecified atom stereocenters. The summed E-state index contributed by atoms with van der Waals surface area (Å²) in [5.41, 5.74) is 4.69. The van der Waals surface area contributed by atoms with E-state index in [0.29, 0.717) is 23.0 Å². The number of benzene rings is 3. The van der Waals surface area contributed by atoms with Gasteiger partial charge >= 0.3 is 0 Å². The predicted octanol–water partition coefficient (Wildman–Crippen LogP) is 6.37. The number of amides is 1. The summed E-state index contributed by atoms with van der Waals surface area (Å²) in [6.45, 7) is 3.94. The molecule has 0 aliphatic carbocycles. The van der Waals surface area contributed by atoms with Crippen LogP contribution in [0.5, 0.6) is 0 Å². The van der Waals surface area contributed by atoms with Crippen molar-refractivity contribution in [3.05, 3.63) is 108 Å². The fraction of sp³-hybridized carbons (Fsp3) is 0.0741. The van der Waals surface area contributed by atoms with Crippen LogP contribution in [0.3, 0.4) is 0 Å². The van der Waals surface area contributed by atoms with E-state index in [0.717, 1.165) is 17.1 Å². The van der Waals surface area contributed by atoms with E-state index in [2.05, 4.69) is 25.9 Å². The molecule has 0 radical (unpaired) electrons. The molecule has 0 fully saturated rings. The van der Waals surface area contributed by atoms with Crippen molar-refractivity contribution in [3.63, 3.8) is 0 Å². The molecule has 0 atom stereocenters. The largest absolute Gasteiger partial charge is 0.340 e. The standard InChI is InChI=1S/C27H24FN5O/c1-18-7-10-23(11-8-18)32-27-29-19(2)17-25(33-27)30-21-12-14-22(15-13-21)31-26(34)16-9-20-5-3-4-6-24(20)28/h3-17H,1-2H3,(H,31,34)(H2,29,30,32,33)/b16-9+. The maximum atomic E-state index is 13.7. The quantitative estimate of drug-likeness (QED) is 0.283. The van der Waals surface area contributed by atoms with E-state index >= 15 is 0 Å². The van der Waals surface area contributed by atoms with Crippen molar-refractivity contribution in [1.82, 2.24) is 9.97 Å². The van der Waals surface area contributed by atoms with Crippen LogP contribution < -0.4 is 16.0 Å². The van der Waals surface area contributed by atoms with Crippen LogP contribution >= 0.6 is 0 Å². The summed E-state index contributed by atoms with van der Waals surface area (Å²) in [5, 5.41) is 9.23. The Kier molecular flexibility index (Phi) is 6.93. The van der Waals surface area contributed by atoms with Gasteiger partial charge in [0.05, 0.1) is 0 Å². The van der Waals surface area contributed by atoms with E-state index in [4.69, 9.17) is 0 Å². The molecule has 7 heteroatoms. The second kappa shape index (κ2) is 10.4. The van der Waals surface area contributed by atoms with Gasteiger partial charge in [-0.05, 0) is 62.4 Å². The van der Waals surface area contributed by atoms with Crippen molar-refractivity contribution >= 4 is 40.8 Å². The minimum absolute atomic E-state index is 0.345. The van der Waals surface area contributed by atoms with Crippen LogP contribution in [-0.2, 0) is 4.79 Å². The van der Waals surface area contributed by atoms with Crippen molar-refractivity contribution in [1.29, 1.82) is 0 Å². The van der Waals surface area contributed by atoms with E-state index in [-0.39, 0.29) is 11.7 Å². The normalized spacial score (nSPS) is 10.8. The smallest absolute Gasteiger partial charge is 0.248 e. The van der Waals surface area contributed by atoms with E-state index in [1.807, 2.05) is 56.3 Å². The Hall–Kier alpha value is -4.52. The summed E-state index contributed by atoms with van der Waals surface area (Å²) >= 11 is 0. The molecule has 1 amide bonds. The van der Waals surface area contributed by atoms with Crippen LogP contribution in [0.4, 0.5) is 33.2 Å². The molecular formula is C27H24FN5O. The highest BCUT2D eigenvalue weighted by atomic mass is 19.1. The van der Waals surface area contributed by atoms with Crippen LogP contribution in [0, 0.1) is 19.7 Å². The number of aryl methyl sites for hydroxylation is 2. The number of halogens is 1. The van der Waals surface area contributed by atoms with Crippen molar-refractivity contribution in [2.45, 2.75) is 13.8 Å². The molecule has 0 spiro atoms. The van der Waals surface area contributed by atoms with Gasteiger partial charge in [0.1, 0.15) is 11.6 Å². The summed E-state index contributed by atoms with van der Waals surface area (Å²) in [6, 6.07) is 23.3. The molecule has 170 valence electrons. The van der Waals surface area contributed by atoms with Crippen molar-refractivity contribution in [2.24, 2.45) is 0 Å². The molecule has 0 saturated carbocycles. The Morgan fingerprint density at radius 2 is 1.47 bits per heavy atom. The number of aromatic nitrogens is 2. The van der Waals surface area contributed by atoms with Crippen LogP contribution in [0.25, 0.3) is 6.08 Å². The molecular weight excluding hydrogens is 429 g/mol. The first-order valence-electron chi connectivity index (χ1n) is 10.7. The fourth-order valence-electron chi connectivity index (χ4n) is 3.20. The molecule has 3 N–H and O–H groups in total. The Balaban J connectivity index is 1.38. The fourth-order valence-corrected chi connectivity index (χ4v) is 3.20. The van der Waals surface area contributed by atoms with Crippen LogP contribution in [-0.4, -0.2) is 15.9 Å². The first-order chi connectivity index (χ1) is 16.4. The first-order valence-corrected chi connectivity index (χ1v) is 10.7. The van der Waals surface area contributed by atoms with Crippen LogP contribution in [0.1, 0.15) is 16.8 Å². The topological polar surface area (TPSA) is 78.9 Å². The lowest BCUT2D eigenvalue weighted by molar-refractivity contribution is -0.111. The average Bonchev–Trinajstić information content (AvgIpc) is 2.81. The molecule has 1 aromatic heterocycles. The van der Waals surface area contributed by atoms with Gasteiger partial charge in [0.15, 0.2) is 0 Å². The minimum Gasteiger partial charge on any atom is -0.340 e. The molecule has 1 heterocycles. The Morgan fingerprint density at radius 1 is 0.824 bits per heavy atom. The van der Waals surface area contributed by atoms with Crippen molar-refractivity contribution < 1.29 is 9.18 Å². The zero-order valence-electron chi connectivity index (χ0n) is 18.8. The summed E-state index contributed by atoms with van der Waals surface area (Å²) < 4.78 is 13.7. The monoisotopic (exact) mass is 453 g/mol. The molecule has 34 heavy (non-hydrogen) atoms. The second-order valence-corrected chi connectivity index (χ2v) is 7.76. The predicted molar refractivity (Wildman–Crippen MR) is 135 cm³/mol. The van der Waals surface area contributed by atoms with Gasteiger partial charge in [-0.2, -0.15) is 4.98 Å². The molecule has 0 aliphatic heterocycles. The highest BCUT2D eigenvalue weighted by Gasteiger charge is 2.05. The van der Waals surface area contributed by atoms with Gasteiger partial charge in [0.25, 0.3) is 0 Å². The Labute approximate surface area is 197 Å². The van der Waals surface area contributed by atoms with Gasteiger partial charge in [-0.1, -0.05) is 35.9 Å². The van der Waals surface area contributed by atoms with E-state index in [1.165, 1.54) is 23.8 Å². The SMILES string of the molecule is Cc1ccc(Nc2nc(C)cc(Nc3ccc(NC(=O)/C=C/c4ccccc4F)cc3)n2)cc1. The third kappa shape index (κ3) is 6.26. The third-order valence-corrected chi connectivity index (χ3v) is 4.91. The summed E-state index contributed by atoms with van der Waals surface area (Å²) in [4.78, 5) is 21.1. The summed E-state index contributed by atoms with van der Waals surface area (Å²) in [6.07, 6.45) is 2.75. The zero-order valence-corrected chi connectivity index (χ0v) is 18.8. The third-order valence-electron chi connectivity index (χ3n) is 4.91.